The summed E-state index contributed by atoms with van der Waals surface area (Å²) in [5.74, 6) is -0.525. The largest absolute Gasteiger partial charge is 0.465 e. The summed E-state index contributed by atoms with van der Waals surface area (Å²) in [7, 11) is 1.31. The van der Waals surface area contributed by atoms with Crippen LogP contribution in [0.5, 0.6) is 0 Å². The Balaban J connectivity index is 2.00. The van der Waals surface area contributed by atoms with Crippen LogP contribution in [0.1, 0.15) is 27.2 Å². The Morgan fingerprint density at radius 1 is 1.28 bits per heavy atom. The van der Waals surface area contributed by atoms with Crippen molar-refractivity contribution in [3.05, 3.63) is 52.7 Å². The Bertz CT molecular complexity index is 842. The van der Waals surface area contributed by atoms with E-state index in [2.05, 4.69) is 21.1 Å². The van der Waals surface area contributed by atoms with Crippen LogP contribution < -0.4 is 5.32 Å². The maximum atomic E-state index is 12.1. The van der Waals surface area contributed by atoms with E-state index in [9.17, 15) is 14.9 Å². The number of hydrogen-bond acceptors (Lipinski definition) is 6. The standard InChI is InChI=1S/C18H17N3O3S/c1-11-8-12(2)20-17(15(11)9-19)25-10-16(22)21-14-6-4-13(5-7-14)18(23)24-3/h4-8H,10H2,1-3H3,(H,21,22). The van der Waals surface area contributed by atoms with Gasteiger partial charge in [-0.25, -0.2) is 9.78 Å². The van der Waals surface area contributed by atoms with Crippen molar-refractivity contribution in [2.75, 3.05) is 18.2 Å². The number of nitrogens with one attached hydrogen (secondary N) is 1. The van der Waals surface area contributed by atoms with E-state index < -0.39 is 5.97 Å². The summed E-state index contributed by atoms with van der Waals surface area (Å²) in [5.41, 5.74) is 3.13. The lowest BCUT2D eigenvalue weighted by atomic mass is 10.1. The van der Waals surface area contributed by atoms with Crippen molar-refractivity contribution in [3.8, 4) is 6.07 Å². The van der Waals surface area contributed by atoms with Gasteiger partial charge in [0, 0.05) is 11.4 Å². The van der Waals surface area contributed by atoms with E-state index in [0.29, 0.717) is 21.8 Å². The summed E-state index contributed by atoms with van der Waals surface area (Å²) in [6.45, 7) is 3.70. The van der Waals surface area contributed by atoms with Crippen LogP contribution in [0.3, 0.4) is 0 Å². The number of nitriles is 1. The molecule has 1 amide bonds. The number of pyridine rings is 1. The van der Waals surface area contributed by atoms with Gasteiger partial charge >= 0.3 is 5.97 Å². The third kappa shape index (κ3) is 4.81. The Morgan fingerprint density at radius 3 is 2.56 bits per heavy atom. The molecule has 6 nitrogen and oxygen atoms in total. The highest BCUT2D eigenvalue weighted by atomic mass is 32.2. The summed E-state index contributed by atoms with van der Waals surface area (Å²) >= 11 is 1.22. The molecular weight excluding hydrogens is 338 g/mol. The number of carbonyl (C=O) groups is 2. The Kier molecular flexibility index (Phi) is 6.14. The Labute approximate surface area is 150 Å². The first-order valence-corrected chi connectivity index (χ1v) is 8.42. The molecular formula is C18H17N3O3S. The van der Waals surface area contributed by atoms with Gasteiger partial charge in [0.1, 0.15) is 11.1 Å². The number of aryl methyl sites for hydroxylation is 2. The molecule has 128 valence electrons. The number of carbonyl (C=O) groups excluding carboxylic acids is 2. The van der Waals surface area contributed by atoms with Gasteiger partial charge in [-0.15, -0.1) is 0 Å². The monoisotopic (exact) mass is 355 g/mol. The summed E-state index contributed by atoms with van der Waals surface area (Å²) in [6.07, 6.45) is 0. The maximum absolute atomic E-state index is 12.1. The van der Waals surface area contributed by atoms with E-state index >= 15 is 0 Å². The molecule has 0 fully saturated rings. The number of esters is 1. The molecule has 2 aromatic rings. The van der Waals surface area contributed by atoms with Crippen LogP contribution in [0.4, 0.5) is 5.69 Å². The predicted molar refractivity (Wildman–Crippen MR) is 95.6 cm³/mol. The maximum Gasteiger partial charge on any atom is 0.337 e. The first-order valence-electron chi connectivity index (χ1n) is 7.44. The molecule has 1 aromatic carbocycles. The van der Waals surface area contributed by atoms with Gasteiger partial charge in [-0.3, -0.25) is 4.79 Å². The summed E-state index contributed by atoms with van der Waals surface area (Å²) in [5, 5.41) is 12.5. The molecule has 0 unspecified atom stereocenters. The highest BCUT2D eigenvalue weighted by Gasteiger charge is 2.12. The SMILES string of the molecule is COC(=O)c1ccc(NC(=O)CSc2nc(C)cc(C)c2C#N)cc1. The number of benzene rings is 1. The number of methoxy groups -OCH3 is 1. The highest BCUT2D eigenvalue weighted by molar-refractivity contribution is 8.00. The van der Waals surface area contributed by atoms with Gasteiger partial charge in [0.05, 0.1) is 24.0 Å². The van der Waals surface area contributed by atoms with Gasteiger partial charge in [-0.2, -0.15) is 5.26 Å². The van der Waals surface area contributed by atoms with Gasteiger partial charge in [0.2, 0.25) is 5.91 Å². The lowest BCUT2D eigenvalue weighted by Gasteiger charge is -2.08. The van der Waals surface area contributed by atoms with Gasteiger partial charge in [0.25, 0.3) is 0 Å². The number of anilines is 1. The highest BCUT2D eigenvalue weighted by Crippen LogP contribution is 2.23. The molecule has 2 rings (SSSR count). The summed E-state index contributed by atoms with van der Waals surface area (Å²) in [6, 6.07) is 10.4. The fourth-order valence-electron chi connectivity index (χ4n) is 2.18. The molecule has 25 heavy (non-hydrogen) atoms. The van der Waals surface area contributed by atoms with Crippen LogP contribution in [0.2, 0.25) is 0 Å². The fourth-order valence-corrected chi connectivity index (χ4v) is 3.08. The first-order chi connectivity index (χ1) is 11.9. The molecule has 0 saturated heterocycles. The van der Waals surface area contributed by atoms with Crippen LogP contribution >= 0.6 is 11.8 Å². The van der Waals surface area contributed by atoms with E-state index in [4.69, 9.17) is 0 Å². The minimum absolute atomic E-state index is 0.128. The quantitative estimate of drug-likeness (QED) is 0.654. The van der Waals surface area contributed by atoms with Crippen molar-refractivity contribution in [1.82, 2.24) is 4.98 Å². The first kappa shape index (κ1) is 18.5. The van der Waals surface area contributed by atoms with Gasteiger partial charge in [0.15, 0.2) is 0 Å². The minimum atomic E-state index is -0.432. The molecule has 0 spiro atoms. The van der Waals surface area contributed by atoms with Crippen molar-refractivity contribution in [3.63, 3.8) is 0 Å². The van der Waals surface area contributed by atoms with Crippen molar-refractivity contribution < 1.29 is 14.3 Å². The van der Waals surface area contributed by atoms with E-state index in [0.717, 1.165) is 11.3 Å². The number of rotatable bonds is 5. The van der Waals surface area contributed by atoms with E-state index in [-0.39, 0.29) is 11.7 Å². The predicted octanol–water partition coefficient (Wildman–Crippen LogP) is 3.09. The number of amides is 1. The molecule has 1 aromatic heterocycles. The second kappa shape index (κ2) is 8.31. The van der Waals surface area contributed by atoms with Crippen molar-refractivity contribution in [1.29, 1.82) is 5.26 Å². The van der Waals surface area contributed by atoms with Crippen molar-refractivity contribution in [2.24, 2.45) is 0 Å². The van der Waals surface area contributed by atoms with E-state index in [1.54, 1.807) is 24.3 Å². The smallest absolute Gasteiger partial charge is 0.337 e. The number of thioether (sulfide) groups is 1. The average molecular weight is 355 g/mol. The minimum Gasteiger partial charge on any atom is -0.465 e. The zero-order valence-electron chi connectivity index (χ0n) is 14.1. The third-order valence-electron chi connectivity index (χ3n) is 3.35. The second-order valence-corrected chi connectivity index (χ2v) is 6.24. The van der Waals surface area contributed by atoms with Gasteiger partial charge in [-0.1, -0.05) is 11.8 Å². The normalized spacial score (nSPS) is 10.0. The Morgan fingerprint density at radius 2 is 1.96 bits per heavy atom. The van der Waals surface area contributed by atoms with E-state index in [1.165, 1.54) is 18.9 Å². The lowest BCUT2D eigenvalue weighted by molar-refractivity contribution is -0.113. The molecule has 7 heteroatoms. The molecule has 0 radical (unpaired) electrons. The zero-order valence-corrected chi connectivity index (χ0v) is 14.9. The second-order valence-electron chi connectivity index (χ2n) is 5.28. The number of nitrogens with zero attached hydrogens (tertiary/aromatic N) is 2. The van der Waals surface area contributed by atoms with Crippen LogP contribution in [-0.2, 0) is 9.53 Å². The zero-order chi connectivity index (χ0) is 18.4. The molecule has 1 N–H and O–H groups in total. The molecule has 0 aliphatic rings. The van der Waals surface area contributed by atoms with Crippen molar-refractivity contribution >= 4 is 29.3 Å². The van der Waals surface area contributed by atoms with Crippen molar-refractivity contribution in [2.45, 2.75) is 18.9 Å². The van der Waals surface area contributed by atoms with Crippen LogP contribution in [-0.4, -0.2) is 29.7 Å². The van der Waals surface area contributed by atoms with Crippen LogP contribution in [0.15, 0.2) is 35.4 Å². The van der Waals surface area contributed by atoms with Crippen LogP contribution in [0, 0.1) is 25.2 Å². The van der Waals surface area contributed by atoms with Gasteiger partial charge < -0.3 is 10.1 Å². The topological polar surface area (TPSA) is 92.1 Å². The van der Waals surface area contributed by atoms with Gasteiger partial charge in [-0.05, 0) is 49.7 Å². The lowest BCUT2D eigenvalue weighted by Crippen LogP contribution is -2.14. The van der Waals surface area contributed by atoms with E-state index in [1.807, 2.05) is 19.9 Å². The third-order valence-corrected chi connectivity index (χ3v) is 4.33. The van der Waals surface area contributed by atoms with Crippen LogP contribution in [0.25, 0.3) is 0 Å². The Hall–Kier alpha value is -2.85. The average Bonchev–Trinajstić information content (AvgIpc) is 2.59. The fraction of sp³-hybridized carbons (Fsp3) is 0.222. The molecule has 0 atom stereocenters. The number of aromatic nitrogens is 1. The molecule has 1 heterocycles. The number of ether oxygens (including phenoxy) is 1. The molecule has 0 aliphatic carbocycles. The molecule has 0 bridgehead atoms. The molecule has 0 saturated carbocycles. The molecule has 0 aliphatic heterocycles. The number of hydrogen-bond donors (Lipinski definition) is 1. The summed E-state index contributed by atoms with van der Waals surface area (Å²) in [4.78, 5) is 27.8. The summed E-state index contributed by atoms with van der Waals surface area (Å²) < 4.78 is 4.62.